The number of hydrogen-bond acceptors (Lipinski definition) is 8. The highest BCUT2D eigenvalue weighted by Gasteiger charge is 2.43. The Balaban J connectivity index is 0.000000514. The molecule has 1 aliphatic heterocycles. The zero-order chi connectivity index (χ0) is 26.3. The molecular weight excluding hydrogens is 510 g/mol. The van der Waals surface area contributed by atoms with Gasteiger partial charge in [-0.15, -0.1) is 10.2 Å². The molecule has 1 aromatic carbocycles. The maximum absolute atomic E-state index is 14.9. The molecule has 13 nitrogen and oxygen atoms in total. The number of hydrogen-bond donors (Lipinski definition) is 4. The molecule has 2 aromatic heterocycles. The Bertz CT molecular complexity index is 1330. The number of pyridine rings is 1. The maximum atomic E-state index is 14.9. The van der Waals surface area contributed by atoms with Crippen LogP contribution in [0.15, 0.2) is 36.5 Å². The second-order valence-electron chi connectivity index (χ2n) is 9.13. The van der Waals surface area contributed by atoms with Crippen molar-refractivity contribution in [3.63, 3.8) is 0 Å². The van der Waals surface area contributed by atoms with Gasteiger partial charge in [-0.3, -0.25) is 9.88 Å². The Kier molecular flexibility index (Phi) is 6.77. The third-order valence-corrected chi connectivity index (χ3v) is 6.19. The number of amides is 1. The van der Waals surface area contributed by atoms with E-state index in [1.165, 1.54) is 11.0 Å². The number of rotatable bonds is 6. The number of anilines is 1. The molecule has 3 heterocycles. The molecule has 196 valence electrons. The van der Waals surface area contributed by atoms with Crippen LogP contribution in [0.3, 0.4) is 0 Å². The van der Waals surface area contributed by atoms with Crippen LogP contribution in [0.25, 0.3) is 22.6 Å². The Morgan fingerprint density at radius 1 is 1.11 bits per heavy atom. The van der Waals surface area contributed by atoms with E-state index in [9.17, 15) is 14.3 Å². The van der Waals surface area contributed by atoms with Gasteiger partial charge in [0.1, 0.15) is 17.6 Å². The van der Waals surface area contributed by atoms with Crippen molar-refractivity contribution in [1.82, 2.24) is 25.2 Å². The van der Waals surface area contributed by atoms with E-state index >= 15 is 0 Å². The number of cyclic esters (lactones) is 1. The zero-order valence-electron chi connectivity index (χ0n) is 19.3. The highest BCUT2D eigenvalue weighted by molar-refractivity contribution is 7.45. The molecule has 15 heteroatoms. The van der Waals surface area contributed by atoms with Crippen LogP contribution in [0.5, 0.6) is 0 Å². The Morgan fingerprint density at radius 3 is 2.43 bits per heavy atom. The van der Waals surface area contributed by atoms with Gasteiger partial charge < -0.3 is 24.5 Å². The first kappa shape index (κ1) is 25.4. The minimum Gasteiger partial charge on any atom is -0.441 e. The van der Waals surface area contributed by atoms with E-state index in [2.05, 4.69) is 20.4 Å². The van der Waals surface area contributed by atoms with Crippen molar-refractivity contribution in [2.45, 2.75) is 43.9 Å². The number of nitrogens with zero attached hydrogens (tertiary/aromatic N) is 6. The molecule has 0 spiro atoms. The van der Waals surface area contributed by atoms with Crippen molar-refractivity contribution in [1.29, 1.82) is 0 Å². The SMILES string of the molecule is O=C1OC(C(O)C2CC2)CN1c1ccc(-c2ccc(-c3nnn(C4CC4)n3)nc2)c(F)c1.O=P(O)(O)O. The van der Waals surface area contributed by atoms with Crippen molar-refractivity contribution < 1.29 is 38.3 Å². The lowest BCUT2D eigenvalue weighted by atomic mass is 10.1. The van der Waals surface area contributed by atoms with Gasteiger partial charge in [-0.1, -0.05) is 6.07 Å². The van der Waals surface area contributed by atoms with Crippen molar-refractivity contribution in [2.24, 2.45) is 5.92 Å². The average Bonchev–Trinajstić information content (AvgIpc) is 3.78. The molecule has 2 unspecified atom stereocenters. The third-order valence-electron chi connectivity index (χ3n) is 6.19. The summed E-state index contributed by atoms with van der Waals surface area (Å²) in [7, 11) is -4.64. The van der Waals surface area contributed by atoms with Crippen LogP contribution in [0.4, 0.5) is 14.9 Å². The lowest BCUT2D eigenvalue weighted by Crippen LogP contribution is -2.32. The molecule has 0 radical (unpaired) electrons. The number of aliphatic hydroxyl groups excluding tert-OH is 1. The highest BCUT2D eigenvalue weighted by atomic mass is 31.2. The first-order valence-electron chi connectivity index (χ1n) is 11.6. The molecule has 4 N–H and O–H groups in total. The summed E-state index contributed by atoms with van der Waals surface area (Å²) in [5.74, 6) is 0.152. The number of benzene rings is 1. The van der Waals surface area contributed by atoms with Gasteiger partial charge in [0, 0.05) is 17.3 Å². The quantitative estimate of drug-likeness (QED) is 0.339. The second kappa shape index (κ2) is 9.88. The predicted octanol–water partition coefficient (Wildman–Crippen LogP) is 2.04. The number of phosphoric acid groups is 1. The van der Waals surface area contributed by atoms with Gasteiger partial charge in [-0.25, -0.2) is 13.8 Å². The molecule has 1 saturated heterocycles. The molecular formula is C22H24FN6O7P. The summed E-state index contributed by atoms with van der Waals surface area (Å²) in [6, 6.07) is 8.41. The van der Waals surface area contributed by atoms with Crippen LogP contribution in [0.1, 0.15) is 31.7 Å². The van der Waals surface area contributed by atoms with Crippen molar-refractivity contribution in [3.8, 4) is 22.6 Å². The van der Waals surface area contributed by atoms with Gasteiger partial charge in [0.05, 0.1) is 24.4 Å². The third kappa shape index (κ3) is 6.17. The summed E-state index contributed by atoms with van der Waals surface area (Å²) < 4.78 is 29.1. The summed E-state index contributed by atoms with van der Waals surface area (Å²) in [5.41, 5.74) is 1.92. The van der Waals surface area contributed by atoms with E-state index in [-0.39, 0.29) is 12.5 Å². The lowest BCUT2D eigenvalue weighted by Gasteiger charge is -2.16. The zero-order valence-corrected chi connectivity index (χ0v) is 20.2. The number of carbonyl (C=O) groups excluding carboxylic acids is 1. The predicted molar refractivity (Wildman–Crippen MR) is 125 cm³/mol. The van der Waals surface area contributed by atoms with Crippen LogP contribution >= 0.6 is 7.82 Å². The lowest BCUT2D eigenvalue weighted by molar-refractivity contribution is 0.0200. The Morgan fingerprint density at radius 2 is 1.84 bits per heavy atom. The average molecular weight is 534 g/mol. The van der Waals surface area contributed by atoms with Crippen LogP contribution in [0.2, 0.25) is 0 Å². The molecule has 3 aliphatic rings. The Labute approximate surface area is 209 Å². The molecule has 0 bridgehead atoms. The van der Waals surface area contributed by atoms with E-state index in [0.717, 1.165) is 25.7 Å². The van der Waals surface area contributed by atoms with Gasteiger partial charge in [0.15, 0.2) is 0 Å². The standard InChI is InChI=1S/C22H21FN6O3.H3O4P/c23-17-9-15(28-11-19(32-22(28)31)20(30)12-1-2-12)6-7-16(17)13-3-8-18(24-10-13)21-25-27-29(26-21)14-4-5-14;1-5(2,3)4/h3,6-10,12,14,19-20,30H,1-2,4-5,11H2;(H3,1,2,3,4). The van der Waals surface area contributed by atoms with Crippen LogP contribution in [0, 0.1) is 11.7 Å². The Hall–Kier alpha value is -3.29. The van der Waals surface area contributed by atoms with E-state index < -0.39 is 31.9 Å². The first-order valence-corrected chi connectivity index (χ1v) is 13.1. The van der Waals surface area contributed by atoms with Crippen molar-refractivity contribution in [3.05, 3.63) is 42.3 Å². The van der Waals surface area contributed by atoms with E-state index in [4.69, 9.17) is 24.0 Å². The van der Waals surface area contributed by atoms with Gasteiger partial charge in [0.2, 0.25) is 5.82 Å². The molecule has 2 saturated carbocycles. The number of carbonyl (C=O) groups is 1. The van der Waals surface area contributed by atoms with Crippen LogP contribution in [-0.4, -0.2) is 69.8 Å². The van der Waals surface area contributed by atoms with Crippen LogP contribution in [-0.2, 0) is 9.30 Å². The number of halogens is 1. The smallest absolute Gasteiger partial charge is 0.441 e. The summed E-state index contributed by atoms with van der Waals surface area (Å²) >= 11 is 0. The molecule has 2 aliphatic carbocycles. The molecule has 2 atom stereocenters. The summed E-state index contributed by atoms with van der Waals surface area (Å²) in [6.07, 6.45) is 3.76. The monoisotopic (exact) mass is 534 g/mol. The van der Waals surface area contributed by atoms with E-state index in [1.54, 1.807) is 35.3 Å². The van der Waals surface area contributed by atoms with Gasteiger partial charge in [0.25, 0.3) is 0 Å². The number of ether oxygens (including phenoxy) is 1. The molecule has 3 aromatic rings. The highest BCUT2D eigenvalue weighted by Crippen LogP contribution is 2.37. The number of aliphatic hydroxyl groups is 1. The van der Waals surface area contributed by atoms with Crippen molar-refractivity contribution >= 4 is 19.6 Å². The fourth-order valence-electron chi connectivity index (χ4n) is 3.99. The van der Waals surface area contributed by atoms with Crippen LogP contribution < -0.4 is 4.90 Å². The van der Waals surface area contributed by atoms with Crippen molar-refractivity contribution in [2.75, 3.05) is 11.4 Å². The number of tetrazole rings is 1. The second-order valence-corrected chi connectivity index (χ2v) is 10.2. The summed E-state index contributed by atoms with van der Waals surface area (Å²) in [6.45, 7) is 0.208. The molecule has 37 heavy (non-hydrogen) atoms. The van der Waals surface area contributed by atoms with Gasteiger partial charge in [-0.05, 0) is 61.1 Å². The summed E-state index contributed by atoms with van der Waals surface area (Å²) in [4.78, 5) is 41.2. The van der Waals surface area contributed by atoms with Gasteiger partial charge >= 0.3 is 13.9 Å². The molecule has 6 rings (SSSR count). The fraction of sp³-hybridized carbons (Fsp3) is 0.409. The van der Waals surface area contributed by atoms with E-state index in [1.807, 2.05) is 0 Å². The largest absolute Gasteiger partial charge is 0.466 e. The van der Waals surface area contributed by atoms with E-state index in [0.29, 0.717) is 34.4 Å². The minimum atomic E-state index is -4.64. The first-order chi connectivity index (χ1) is 17.6. The maximum Gasteiger partial charge on any atom is 0.466 e. The van der Waals surface area contributed by atoms with Gasteiger partial charge in [-0.2, -0.15) is 4.80 Å². The minimum absolute atomic E-state index is 0.191. The normalized spacial score (nSPS) is 20.3. The summed E-state index contributed by atoms with van der Waals surface area (Å²) in [5, 5.41) is 22.7. The topological polar surface area (TPSA) is 184 Å². The molecule has 3 fully saturated rings. The fourth-order valence-corrected chi connectivity index (χ4v) is 3.99. The number of aromatic nitrogens is 5. The molecule has 1 amide bonds.